The molecule has 0 radical (unpaired) electrons. The lowest BCUT2D eigenvalue weighted by molar-refractivity contribution is 0.0895. The number of likely N-dealkylation sites (N-methyl/N-ethyl adjacent to an activating group) is 1. The van der Waals surface area contributed by atoms with E-state index in [-0.39, 0.29) is 5.69 Å². The van der Waals surface area contributed by atoms with Gasteiger partial charge in [-0.2, -0.15) is 4.98 Å². The van der Waals surface area contributed by atoms with Crippen LogP contribution in [0.5, 0.6) is 5.75 Å². The number of ether oxygens (including phenoxy) is 1. The van der Waals surface area contributed by atoms with Gasteiger partial charge in [-0.15, -0.1) is 0 Å². The number of sulfonamides is 1. The van der Waals surface area contributed by atoms with Gasteiger partial charge < -0.3 is 25.2 Å². The Kier molecular flexibility index (Phi) is 9.04. The van der Waals surface area contributed by atoms with E-state index in [0.29, 0.717) is 56.8 Å². The molecular weight excluding hydrogens is 696 g/mol. The molecule has 1 unspecified atom stereocenters. The molecule has 3 fully saturated rings. The number of nitrogens with zero attached hydrogens (tertiary/aromatic N) is 7. The van der Waals surface area contributed by atoms with Crippen molar-refractivity contribution in [1.82, 2.24) is 29.7 Å². The second-order valence-corrected chi connectivity index (χ2v) is 15.6. The van der Waals surface area contributed by atoms with Crippen LogP contribution in [0.4, 0.5) is 34.5 Å². The van der Waals surface area contributed by atoms with Gasteiger partial charge in [-0.25, -0.2) is 13.4 Å². The van der Waals surface area contributed by atoms with Crippen molar-refractivity contribution in [3.63, 3.8) is 0 Å². The van der Waals surface area contributed by atoms with Gasteiger partial charge in [0, 0.05) is 74.6 Å². The molecular formula is C33H41BrN10O3S. The van der Waals surface area contributed by atoms with Crippen molar-refractivity contribution in [1.29, 1.82) is 0 Å². The summed E-state index contributed by atoms with van der Waals surface area (Å²) >= 11 is 3.53. The highest BCUT2D eigenvalue weighted by Gasteiger charge is 2.43. The number of aryl methyl sites for hydroxylation is 1. The topological polar surface area (TPSA) is 141 Å². The number of methoxy groups -OCH3 is 1. The fourth-order valence-corrected chi connectivity index (χ4v) is 8.31. The number of nitrogens with one attached hydrogen (secondary N) is 3. The van der Waals surface area contributed by atoms with Gasteiger partial charge >= 0.3 is 0 Å². The molecule has 0 saturated carbocycles. The van der Waals surface area contributed by atoms with Crippen molar-refractivity contribution in [2.24, 2.45) is 0 Å². The van der Waals surface area contributed by atoms with Crippen LogP contribution >= 0.6 is 15.9 Å². The van der Waals surface area contributed by atoms with Crippen LogP contribution < -0.4 is 25.0 Å². The third-order valence-corrected chi connectivity index (χ3v) is 10.9. The van der Waals surface area contributed by atoms with Crippen molar-refractivity contribution in [3.05, 3.63) is 52.9 Å². The summed E-state index contributed by atoms with van der Waals surface area (Å²) in [5.41, 5.74) is 4.85. The molecule has 0 spiro atoms. The van der Waals surface area contributed by atoms with E-state index in [0.717, 1.165) is 30.6 Å². The zero-order valence-corrected chi connectivity index (χ0v) is 30.0. The number of aromatic nitrogens is 4. The van der Waals surface area contributed by atoms with Gasteiger partial charge in [-0.1, -0.05) is 0 Å². The molecule has 3 saturated heterocycles. The summed E-state index contributed by atoms with van der Waals surface area (Å²) in [6, 6.07) is 9.48. The summed E-state index contributed by atoms with van der Waals surface area (Å²) in [6.07, 6.45) is 10.7. The Morgan fingerprint density at radius 3 is 2.38 bits per heavy atom. The summed E-state index contributed by atoms with van der Waals surface area (Å²) in [7, 11) is 0.286. The SMILES string of the molecule is COc1cc(N2[C@@H]3CC[C@H]2CC(N2CCN(C)CC2)C3)c(C)cc1Nc1ncc(Br)c(Nc2ccc3nccnc3c2NS(C)(=O)=O)n1. The molecule has 5 heterocycles. The predicted octanol–water partition coefficient (Wildman–Crippen LogP) is 5.11. The fraction of sp³-hybridized carbons (Fsp3) is 0.455. The van der Waals surface area contributed by atoms with E-state index in [1.54, 1.807) is 31.6 Å². The molecule has 7 rings (SSSR count). The van der Waals surface area contributed by atoms with Crippen molar-refractivity contribution in [2.45, 2.75) is 50.7 Å². The quantitative estimate of drug-likeness (QED) is 0.211. The zero-order valence-electron chi connectivity index (χ0n) is 27.6. The van der Waals surface area contributed by atoms with Crippen LogP contribution in [0.1, 0.15) is 31.2 Å². The number of anilines is 6. The van der Waals surface area contributed by atoms with Crippen LogP contribution in [0.25, 0.3) is 11.0 Å². The smallest absolute Gasteiger partial charge is 0.229 e. The van der Waals surface area contributed by atoms with Gasteiger partial charge in [-0.05, 0) is 79.3 Å². The zero-order chi connectivity index (χ0) is 33.6. The van der Waals surface area contributed by atoms with E-state index in [4.69, 9.17) is 9.72 Å². The first-order valence-corrected chi connectivity index (χ1v) is 18.9. The van der Waals surface area contributed by atoms with Crippen LogP contribution in [0.3, 0.4) is 0 Å². The molecule has 254 valence electrons. The molecule has 3 aliphatic heterocycles. The van der Waals surface area contributed by atoms with E-state index >= 15 is 0 Å². The summed E-state index contributed by atoms with van der Waals surface area (Å²) in [6.45, 7) is 6.79. The van der Waals surface area contributed by atoms with E-state index < -0.39 is 10.0 Å². The first-order valence-electron chi connectivity index (χ1n) is 16.2. The first-order chi connectivity index (χ1) is 23.1. The lowest BCUT2D eigenvalue weighted by Gasteiger charge is -2.46. The van der Waals surface area contributed by atoms with Crippen LogP contribution in [0.2, 0.25) is 0 Å². The Morgan fingerprint density at radius 1 is 0.938 bits per heavy atom. The van der Waals surface area contributed by atoms with Crippen LogP contribution in [0, 0.1) is 6.92 Å². The van der Waals surface area contributed by atoms with Crippen LogP contribution in [-0.4, -0.2) is 103 Å². The molecule has 4 aromatic rings. The second-order valence-electron chi connectivity index (χ2n) is 13.0. The summed E-state index contributed by atoms with van der Waals surface area (Å²) in [5, 5.41) is 6.59. The van der Waals surface area contributed by atoms with Gasteiger partial charge in [-0.3, -0.25) is 19.6 Å². The largest absolute Gasteiger partial charge is 0.494 e. The highest BCUT2D eigenvalue weighted by molar-refractivity contribution is 9.10. The highest BCUT2D eigenvalue weighted by Crippen LogP contribution is 2.45. The molecule has 2 aromatic heterocycles. The van der Waals surface area contributed by atoms with Crippen LogP contribution in [0.15, 0.2) is 47.3 Å². The molecule has 3 atom stereocenters. The molecule has 2 aromatic carbocycles. The maximum absolute atomic E-state index is 12.3. The van der Waals surface area contributed by atoms with Crippen molar-refractivity contribution < 1.29 is 13.2 Å². The van der Waals surface area contributed by atoms with Crippen molar-refractivity contribution in [3.8, 4) is 5.75 Å². The van der Waals surface area contributed by atoms with E-state index in [1.807, 2.05) is 0 Å². The van der Waals surface area contributed by atoms with Crippen molar-refractivity contribution >= 4 is 71.5 Å². The number of rotatable bonds is 9. The lowest BCUT2D eigenvalue weighted by atomic mass is 9.93. The Labute approximate surface area is 289 Å². The van der Waals surface area contributed by atoms with Gasteiger partial charge in [0.05, 0.1) is 40.4 Å². The van der Waals surface area contributed by atoms with Crippen LogP contribution in [-0.2, 0) is 10.0 Å². The molecule has 15 heteroatoms. The predicted molar refractivity (Wildman–Crippen MR) is 193 cm³/mol. The van der Waals surface area contributed by atoms with Gasteiger partial charge in [0.25, 0.3) is 0 Å². The average molecular weight is 738 g/mol. The Balaban J connectivity index is 1.12. The maximum Gasteiger partial charge on any atom is 0.229 e. The number of halogens is 1. The lowest BCUT2D eigenvalue weighted by Crippen LogP contribution is -2.55. The Bertz CT molecular complexity index is 1920. The molecule has 0 aliphatic carbocycles. The van der Waals surface area contributed by atoms with E-state index in [9.17, 15) is 8.42 Å². The normalized spacial score (nSPS) is 21.8. The summed E-state index contributed by atoms with van der Waals surface area (Å²) < 4.78 is 33.6. The minimum absolute atomic E-state index is 0.275. The molecule has 13 nitrogen and oxygen atoms in total. The van der Waals surface area contributed by atoms with E-state index in [2.05, 4.69) is 87.0 Å². The molecule has 0 amide bonds. The molecule has 3 aliphatic rings. The number of hydrogen-bond donors (Lipinski definition) is 3. The minimum Gasteiger partial charge on any atom is -0.494 e. The number of piperidine rings is 1. The number of fused-ring (bicyclic) bond motifs is 3. The number of hydrogen-bond acceptors (Lipinski definition) is 12. The maximum atomic E-state index is 12.3. The number of piperazine rings is 1. The summed E-state index contributed by atoms with van der Waals surface area (Å²) in [4.78, 5) is 25.7. The first kappa shape index (κ1) is 32.7. The molecule has 2 bridgehead atoms. The second kappa shape index (κ2) is 13.3. The third kappa shape index (κ3) is 6.73. The van der Waals surface area contributed by atoms with Crippen molar-refractivity contribution in [2.75, 3.05) is 66.8 Å². The molecule has 48 heavy (non-hydrogen) atoms. The third-order valence-electron chi connectivity index (χ3n) is 9.73. The highest BCUT2D eigenvalue weighted by atomic mass is 79.9. The average Bonchev–Trinajstić information content (AvgIpc) is 3.31. The van der Waals surface area contributed by atoms with Gasteiger partial charge in [0.15, 0.2) is 0 Å². The van der Waals surface area contributed by atoms with Gasteiger partial charge in [0.2, 0.25) is 16.0 Å². The summed E-state index contributed by atoms with van der Waals surface area (Å²) in [5.74, 6) is 1.49. The monoisotopic (exact) mass is 736 g/mol. The Hall–Kier alpha value is -3.79. The minimum atomic E-state index is -3.61. The fourth-order valence-electron chi connectivity index (χ4n) is 7.44. The standard InChI is InChI=1S/C33H41BrN10O3S/c1-20-15-27(29(47-3)18-28(20)44-21-5-6-22(44)17-23(16-21)43-13-11-42(2)12-14-43)39-33-37-19-24(34)32(40-33)38-26-8-7-25-30(36-10-9-35-25)31(26)41-48(4,45)46/h7-10,15,18-19,21-23,41H,5-6,11-14,16-17H2,1-4H3,(H2,37,38,39,40)/t21-,22+,23?. The van der Waals surface area contributed by atoms with E-state index in [1.165, 1.54) is 50.7 Å². The Morgan fingerprint density at radius 2 is 1.67 bits per heavy atom. The van der Waals surface area contributed by atoms with Gasteiger partial charge in [0.1, 0.15) is 17.1 Å². The number of benzene rings is 2. The molecule has 3 N–H and O–H groups in total.